The third kappa shape index (κ3) is 4.37. The van der Waals surface area contributed by atoms with Crippen molar-refractivity contribution >= 4 is 11.7 Å². The van der Waals surface area contributed by atoms with E-state index in [1.54, 1.807) is 4.90 Å². The molecule has 2 aromatic carbocycles. The number of nitrogens with one attached hydrogen (secondary N) is 1. The molecule has 3 rings (SSSR count). The van der Waals surface area contributed by atoms with Gasteiger partial charge in [0.25, 0.3) is 0 Å². The van der Waals surface area contributed by atoms with Crippen LogP contribution in [0.2, 0.25) is 0 Å². The lowest BCUT2D eigenvalue weighted by Crippen LogP contribution is -2.38. The van der Waals surface area contributed by atoms with E-state index in [4.69, 9.17) is 5.11 Å². The van der Waals surface area contributed by atoms with Crippen LogP contribution >= 0.6 is 0 Å². The summed E-state index contributed by atoms with van der Waals surface area (Å²) in [5, 5.41) is 12.0. The van der Waals surface area contributed by atoms with Gasteiger partial charge in [0.05, 0.1) is 6.61 Å². The van der Waals surface area contributed by atoms with Crippen LogP contribution in [-0.2, 0) is 0 Å². The Morgan fingerprint density at radius 3 is 2.50 bits per heavy atom. The molecule has 0 aromatic heterocycles. The average molecular weight is 320 g/mol. The molecule has 0 heterocycles. The Kier molecular flexibility index (Phi) is 5.15. The second-order valence-corrected chi connectivity index (χ2v) is 5.78. The van der Waals surface area contributed by atoms with Crippen molar-refractivity contribution in [2.24, 2.45) is 0 Å². The van der Waals surface area contributed by atoms with Crippen LogP contribution in [0.1, 0.15) is 24.0 Å². The van der Waals surface area contributed by atoms with Crippen molar-refractivity contribution in [2.75, 3.05) is 18.5 Å². The molecular weight excluding hydrogens is 300 g/mol. The summed E-state index contributed by atoms with van der Waals surface area (Å²) >= 11 is 0. The number of amides is 2. The zero-order valence-corrected chi connectivity index (χ0v) is 13.4. The number of carbonyl (C=O) groups is 1. The standard InChI is InChI=1S/C20H20N2O2/c23-14-13-22(19-11-12-19)20(24)21-18-8-4-7-17(15-18)10-9-16-5-2-1-3-6-16/h1-8,15,19,23H,11-14H2,(H,21,24). The Labute approximate surface area is 142 Å². The molecule has 0 aliphatic heterocycles. The number of anilines is 1. The van der Waals surface area contributed by atoms with E-state index >= 15 is 0 Å². The Bertz CT molecular complexity index is 758. The van der Waals surface area contributed by atoms with E-state index in [1.807, 2.05) is 54.6 Å². The van der Waals surface area contributed by atoms with Gasteiger partial charge in [-0.25, -0.2) is 4.79 Å². The van der Waals surface area contributed by atoms with Gasteiger partial charge in [0.2, 0.25) is 0 Å². The maximum atomic E-state index is 12.3. The van der Waals surface area contributed by atoms with Crippen LogP contribution in [0.5, 0.6) is 0 Å². The average Bonchev–Trinajstić information content (AvgIpc) is 3.44. The monoisotopic (exact) mass is 320 g/mol. The van der Waals surface area contributed by atoms with Crippen molar-refractivity contribution in [1.29, 1.82) is 0 Å². The van der Waals surface area contributed by atoms with Gasteiger partial charge in [-0.15, -0.1) is 0 Å². The van der Waals surface area contributed by atoms with E-state index in [-0.39, 0.29) is 18.7 Å². The summed E-state index contributed by atoms with van der Waals surface area (Å²) in [6, 6.07) is 17.4. The fourth-order valence-corrected chi connectivity index (χ4v) is 2.48. The van der Waals surface area contributed by atoms with E-state index in [0.717, 1.165) is 24.0 Å². The second-order valence-electron chi connectivity index (χ2n) is 5.78. The fourth-order valence-electron chi connectivity index (χ4n) is 2.48. The van der Waals surface area contributed by atoms with Crippen LogP contribution in [0.25, 0.3) is 0 Å². The molecule has 2 aromatic rings. The molecule has 2 amide bonds. The molecule has 0 bridgehead atoms. The molecule has 1 saturated carbocycles. The van der Waals surface area contributed by atoms with Gasteiger partial charge in [0, 0.05) is 29.4 Å². The Morgan fingerprint density at radius 2 is 1.79 bits per heavy atom. The molecule has 4 heteroatoms. The molecule has 0 atom stereocenters. The van der Waals surface area contributed by atoms with Gasteiger partial charge in [-0.05, 0) is 43.2 Å². The van der Waals surface area contributed by atoms with Gasteiger partial charge in [-0.3, -0.25) is 0 Å². The fraction of sp³-hybridized carbons (Fsp3) is 0.250. The number of rotatable bonds is 4. The topological polar surface area (TPSA) is 52.6 Å². The summed E-state index contributed by atoms with van der Waals surface area (Å²) in [6.45, 7) is 0.344. The minimum absolute atomic E-state index is 0.0213. The van der Waals surface area contributed by atoms with Gasteiger partial charge in [0.1, 0.15) is 0 Å². The maximum Gasteiger partial charge on any atom is 0.322 e. The van der Waals surface area contributed by atoms with Crippen LogP contribution in [-0.4, -0.2) is 35.2 Å². The summed E-state index contributed by atoms with van der Waals surface area (Å²) in [4.78, 5) is 14.0. The van der Waals surface area contributed by atoms with Crippen LogP contribution in [0.15, 0.2) is 54.6 Å². The molecule has 1 fully saturated rings. The van der Waals surface area contributed by atoms with E-state index in [9.17, 15) is 4.79 Å². The molecule has 122 valence electrons. The molecule has 24 heavy (non-hydrogen) atoms. The third-order valence-corrected chi connectivity index (χ3v) is 3.83. The lowest BCUT2D eigenvalue weighted by Gasteiger charge is -2.21. The first-order chi connectivity index (χ1) is 11.8. The van der Waals surface area contributed by atoms with Crippen LogP contribution in [0.4, 0.5) is 10.5 Å². The van der Waals surface area contributed by atoms with Gasteiger partial charge in [0.15, 0.2) is 0 Å². The van der Waals surface area contributed by atoms with Crippen LogP contribution in [0, 0.1) is 11.8 Å². The first-order valence-corrected chi connectivity index (χ1v) is 8.12. The first kappa shape index (κ1) is 16.1. The highest BCUT2D eigenvalue weighted by atomic mass is 16.3. The predicted molar refractivity (Wildman–Crippen MR) is 94.7 cm³/mol. The highest BCUT2D eigenvalue weighted by Gasteiger charge is 2.32. The summed E-state index contributed by atoms with van der Waals surface area (Å²) in [5.74, 6) is 6.22. The van der Waals surface area contributed by atoms with Crippen molar-refractivity contribution in [3.8, 4) is 11.8 Å². The van der Waals surface area contributed by atoms with E-state index in [0.29, 0.717) is 12.2 Å². The lowest BCUT2D eigenvalue weighted by molar-refractivity contribution is 0.185. The zero-order chi connectivity index (χ0) is 16.8. The van der Waals surface area contributed by atoms with Crippen molar-refractivity contribution in [2.45, 2.75) is 18.9 Å². The molecule has 0 unspecified atom stereocenters. The predicted octanol–water partition coefficient (Wildman–Crippen LogP) is 3.08. The van der Waals surface area contributed by atoms with Crippen molar-refractivity contribution in [1.82, 2.24) is 4.90 Å². The molecule has 1 aliphatic rings. The Morgan fingerprint density at radius 1 is 1.08 bits per heavy atom. The first-order valence-electron chi connectivity index (χ1n) is 8.12. The lowest BCUT2D eigenvalue weighted by atomic mass is 10.1. The van der Waals surface area contributed by atoms with Gasteiger partial charge in [-0.2, -0.15) is 0 Å². The highest BCUT2D eigenvalue weighted by molar-refractivity contribution is 5.90. The van der Waals surface area contributed by atoms with Crippen molar-refractivity contribution < 1.29 is 9.90 Å². The smallest absolute Gasteiger partial charge is 0.322 e. The van der Waals surface area contributed by atoms with E-state index in [1.165, 1.54) is 0 Å². The third-order valence-electron chi connectivity index (χ3n) is 3.83. The van der Waals surface area contributed by atoms with E-state index < -0.39 is 0 Å². The number of aliphatic hydroxyl groups excluding tert-OH is 1. The normalized spacial score (nSPS) is 12.9. The molecule has 2 N–H and O–H groups in total. The SMILES string of the molecule is O=C(Nc1cccc(C#Cc2ccccc2)c1)N(CCO)C1CC1. The number of nitrogens with zero attached hydrogens (tertiary/aromatic N) is 1. The molecule has 0 radical (unpaired) electrons. The molecule has 1 aliphatic carbocycles. The van der Waals surface area contributed by atoms with Crippen LogP contribution in [0.3, 0.4) is 0 Å². The molecule has 0 spiro atoms. The summed E-state index contributed by atoms with van der Waals surface area (Å²) in [7, 11) is 0. The molecular formula is C20H20N2O2. The quantitative estimate of drug-likeness (QED) is 0.851. The Hall–Kier alpha value is -2.77. The minimum atomic E-state index is -0.167. The van der Waals surface area contributed by atoms with Crippen molar-refractivity contribution in [3.63, 3.8) is 0 Å². The van der Waals surface area contributed by atoms with Gasteiger partial charge in [-0.1, -0.05) is 36.1 Å². The largest absolute Gasteiger partial charge is 0.395 e. The number of benzene rings is 2. The minimum Gasteiger partial charge on any atom is -0.395 e. The maximum absolute atomic E-state index is 12.3. The highest BCUT2D eigenvalue weighted by Crippen LogP contribution is 2.27. The molecule has 0 saturated heterocycles. The Balaban J connectivity index is 1.69. The number of aliphatic hydroxyl groups is 1. The van der Waals surface area contributed by atoms with Crippen LogP contribution < -0.4 is 5.32 Å². The summed E-state index contributed by atoms with van der Waals surface area (Å²) in [5.41, 5.74) is 2.51. The number of hydrogen-bond acceptors (Lipinski definition) is 2. The number of carbonyl (C=O) groups excluding carboxylic acids is 1. The number of urea groups is 1. The van der Waals surface area contributed by atoms with E-state index in [2.05, 4.69) is 17.2 Å². The number of hydrogen-bond donors (Lipinski definition) is 2. The summed E-state index contributed by atoms with van der Waals surface area (Å²) in [6.07, 6.45) is 2.02. The summed E-state index contributed by atoms with van der Waals surface area (Å²) < 4.78 is 0. The van der Waals surface area contributed by atoms with Crippen molar-refractivity contribution in [3.05, 3.63) is 65.7 Å². The zero-order valence-electron chi connectivity index (χ0n) is 13.4. The molecule has 4 nitrogen and oxygen atoms in total. The second kappa shape index (κ2) is 7.67. The van der Waals surface area contributed by atoms with Gasteiger partial charge >= 0.3 is 6.03 Å². The van der Waals surface area contributed by atoms with Gasteiger partial charge < -0.3 is 15.3 Å².